The van der Waals surface area contributed by atoms with E-state index in [0.29, 0.717) is 12.8 Å². The highest BCUT2D eigenvalue weighted by molar-refractivity contribution is 5.29. The second kappa shape index (κ2) is 4.64. The van der Waals surface area contributed by atoms with Crippen molar-refractivity contribution < 1.29 is 9.47 Å². The van der Waals surface area contributed by atoms with Gasteiger partial charge in [0.15, 0.2) is 0 Å². The normalized spacial score (nSPS) is 25.5. The fourth-order valence-electron chi connectivity index (χ4n) is 1.95. The first kappa shape index (κ1) is 10.5. The third kappa shape index (κ3) is 2.13. The van der Waals surface area contributed by atoms with Crippen LogP contribution in [0.4, 0.5) is 0 Å². The highest BCUT2D eigenvalue weighted by Crippen LogP contribution is 2.28. The van der Waals surface area contributed by atoms with E-state index >= 15 is 0 Å². The molecule has 1 fully saturated rings. The largest absolute Gasteiger partial charge is 0.497 e. The van der Waals surface area contributed by atoms with E-state index in [0.717, 1.165) is 12.2 Å². The van der Waals surface area contributed by atoms with Gasteiger partial charge in [-0.05, 0) is 24.1 Å². The van der Waals surface area contributed by atoms with E-state index < -0.39 is 0 Å². The van der Waals surface area contributed by atoms with Gasteiger partial charge in [0.05, 0.1) is 19.9 Å². The van der Waals surface area contributed by atoms with Crippen LogP contribution < -0.4 is 10.1 Å². The summed E-state index contributed by atoms with van der Waals surface area (Å²) < 4.78 is 10.8. The molecule has 0 saturated carbocycles. The summed E-state index contributed by atoms with van der Waals surface area (Å²) >= 11 is 0. The molecule has 82 valence electrons. The Morgan fingerprint density at radius 3 is 2.73 bits per heavy atom. The molecule has 0 aliphatic carbocycles. The number of benzene rings is 1. The molecule has 1 N–H and O–H groups in total. The number of nitrogens with one attached hydrogen (secondary N) is 1. The fraction of sp³-hybridized carbons (Fsp3) is 0.500. The van der Waals surface area contributed by atoms with Crippen molar-refractivity contribution in [3.63, 3.8) is 0 Å². The van der Waals surface area contributed by atoms with Crippen LogP contribution in [0.2, 0.25) is 0 Å². The van der Waals surface area contributed by atoms with Crippen LogP contribution in [0, 0.1) is 0 Å². The van der Waals surface area contributed by atoms with Gasteiger partial charge in [0, 0.05) is 6.04 Å². The molecule has 0 bridgehead atoms. The topological polar surface area (TPSA) is 30.5 Å². The summed E-state index contributed by atoms with van der Waals surface area (Å²) in [6, 6.07) is 8.52. The van der Waals surface area contributed by atoms with Gasteiger partial charge in [-0.1, -0.05) is 19.1 Å². The number of rotatable bonds is 3. The summed E-state index contributed by atoms with van der Waals surface area (Å²) in [4.78, 5) is 0. The van der Waals surface area contributed by atoms with Crippen LogP contribution in [0.3, 0.4) is 0 Å². The molecule has 0 unspecified atom stereocenters. The maximum absolute atomic E-state index is 5.66. The maximum Gasteiger partial charge on any atom is 0.118 e. The van der Waals surface area contributed by atoms with Gasteiger partial charge in [0.1, 0.15) is 5.75 Å². The first-order valence-corrected chi connectivity index (χ1v) is 5.34. The van der Waals surface area contributed by atoms with E-state index in [4.69, 9.17) is 9.47 Å². The Labute approximate surface area is 90.4 Å². The van der Waals surface area contributed by atoms with Crippen LogP contribution in [-0.4, -0.2) is 19.9 Å². The zero-order valence-corrected chi connectivity index (χ0v) is 9.19. The second-order valence-electron chi connectivity index (χ2n) is 3.72. The summed E-state index contributed by atoms with van der Waals surface area (Å²) in [5, 5.41) is 3.33. The first-order valence-electron chi connectivity index (χ1n) is 5.34. The average molecular weight is 207 g/mol. The monoisotopic (exact) mass is 207 g/mol. The molecule has 1 aromatic rings. The van der Waals surface area contributed by atoms with Gasteiger partial charge in [-0.3, -0.25) is 5.32 Å². The van der Waals surface area contributed by atoms with E-state index in [9.17, 15) is 0 Å². The average Bonchev–Trinajstić information content (AvgIpc) is 2.77. The predicted molar refractivity (Wildman–Crippen MR) is 58.9 cm³/mol. The third-order valence-electron chi connectivity index (χ3n) is 2.86. The molecule has 15 heavy (non-hydrogen) atoms. The molecular formula is C12H17NO2. The molecule has 0 spiro atoms. The first-order chi connectivity index (χ1) is 7.35. The lowest BCUT2D eigenvalue weighted by molar-refractivity contribution is 0.102. The van der Waals surface area contributed by atoms with Crippen molar-refractivity contribution >= 4 is 0 Å². The van der Waals surface area contributed by atoms with Gasteiger partial charge in [0.2, 0.25) is 0 Å². The molecule has 1 heterocycles. The van der Waals surface area contributed by atoms with E-state index in [1.54, 1.807) is 7.11 Å². The molecule has 1 aromatic carbocycles. The lowest BCUT2D eigenvalue weighted by Crippen LogP contribution is -2.24. The van der Waals surface area contributed by atoms with Crippen molar-refractivity contribution in [2.45, 2.75) is 25.5 Å². The van der Waals surface area contributed by atoms with Crippen molar-refractivity contribution in [2.75, 3.05) is 13.8 Å². The van der Waals surface area contributed by atoms with Crippen LogP contribution in [0.25, 0.3) is 0 Å². The van der Waals surface area contributed by atoms with Crippen molar-refractivity contribution in [1.29, 1.82) is 0 Å². The van der Waals surface area contributed by atoms with Gasteiger partial charge < -0.3 is 9.47 Å². The summed E-state index contributed by atoms with van der Waals surface area (Å²) in [6.45, 7) is 2.82. The van der Waals surface area contributed by atoms with Crippen LogP contribution in [0.1, 0.15) is 25.0 Å². The van der Waals surface area contributed by atoms with Crippen molar-refractivity contribution in [1.82, 2.24) is 5.32 Å². The minimum absolute atomic E-state index is 0.181. The molecule has 1 aliphatic heterocycles. The minimum Gasteiger partial charge on any atom is -0.497 e. The van der Waals surface area contributed by atoms with Crippen LogP contribution in [-0.2, 0) is 4.74 Å². The standard InChI is InChI=1S/C12H17NO2/c1-3-11-12(15-8-13-11)9-4-6-10(14-2)7-5-9/h4-7,11-13H,3,8H2,1-2H3/t11-,12+/m0/s1. The number of methoxy groups -OCH3 is 1. The van der Waals surface area contributed by atoms with E-state index in [1.807, 2.05) is 12.1 Å². The second-order valence-corrected chi connectivity index (χ2v) is 3.72. The fourth-order valence-corrected chi connectivity index (χ4v) is 1.95. The highest BCUT2D eigenvalue weighted by Gasteiger charge is 2.27. The van der Waals surface area contributed by atoms with Crippen molar-refractivity contribution in [2.24, 2.45) is 0 Å². The van der Waals surface area contributed by atoms with Gasteiger partial charge in [-0.25, -0.2) is 0 Å². The Morgan fingerprint density at radius 1 is 1.40 bits per heavy atom. The zero-order chi connectivity index (χ0) is 10.7. The number of hydrogen-bond donors (Lipinski definition) is 1. The van der Waals surface area contributed by atoms with Crippen molar-refractivity contribution in [3.05, 3.63) is 29.8 Å². The Kier molecular flexibility index (Phi) is 3.23. The van der Waals surface area contributed by atoms with Crippen molar-refractivity contribution in [3.8, 4) is 5.75 Å². The van der Waals surface area contributed by atoms with Gasteiger partial charge in [-0.15, -0.1) is 0 Å². The molecule has 3 heteroatoms. The van der Waals surface area contributed by atoms with E-state index in [-0.39, 0.29) is 6.10 Å². The lowest BCUT2D eigenvalue weighted by Gasteiger charge is -2.16. The molecule has 2 rings (SSSR count). The minimum atomic E-state index is 0.181. The van der Waals surface area contributed by atoms with Crippen LogP contribution in [0.15, 0.2) is 24.3 Å². The highest BCUT2D eigenvalue weighted by atomic mass is 16.5. The number of hydrogen-bond acceptors (Lipinski definition) is 3. The zero-order valence-electron chi connectivity index (χ0n) is 9.19. The molecule has 3 nitrogen and oxygen atoms in total. The predicted octanol–water partition coefficient (Wildman–Crippen LogP) is 2.09. The van der Waals surface area contributed by atoms with Gasteiger partial charge in [0.25, 0.3) is 0 Å². The molecule has 1 aliphatic rings. The summed E-state index contributed by atoms with van der Waals surface area (Å²) in [5.41, 5.74) is 1.22. The summed E-state index contributed by atoms with van der Waals surface area (Å²) in [7, 11) is 1.68. The molecular weight excluding hydrogens is 190 g/mol. The lowest BCUT2D eigenvalue weighted by atomic mass is 10.0. The summed E-state index contributed by atoms with van der Waals surface area (Å²) in [5.74, 6) is 0.887. The van der Waals surface area contributed by atoms with Crippen LogP contribution >= 0.6 is 0 Å². The molecule has 0 aromatic heterocycles. The molecule has 0 amide bonds. The van der Waals surface area contributed by atoms with E-state index in [2.05, 4.69) is 24.4 Å². The third-order valence-corrected chi connectivity index (χ3v) is 2.86. The maximum atomic E-state index is 5.66. The number of ether oxygens (including phenoxy) is 2. The van der Waals surface area contributed by atoms with Gasteiger partial charge in [-0.2, -0.15) is 0 Å². The Balaban J connectivity index is 2.14. The molecule has 1 saturated heterocycles. The molecule has 2 atom stereocenters. The van der Waals surface area contributed by atoms with E-state index in [1.165, 1.54) is 5.56 Å². The molecule has 0 radical (unpaired) electrons. The Morgan fingerprint density at radius 2 is 2.13 bits per heavy atom. The van der Waals surface area contributed by atoms with Gasteiger partial charge >= 0.3 is 0 Å². The SMILES string of the molecule is CC[C@@H]1NCO[C@@H]1c1ccc(OC)cc1. The smallest absolute Gasteiger partial charge is 0.118 e. The Bertz CT molecular complexity index is 310. The van der Waals surface area contributed by atoms with Crippen LogP contribution in [0.5, 0.6) is 5.75 Å². The summed E-state index contributed by atoms with van der Waals surface area (Å²) in [6.07, 6.45) is 1.26. The quantitative estimate of drug-likeness (QED) is 0.823. The Hall–Kier alpha value is -1.06.